The molecule has 2 heterocycles. The average molecular weight is 602 g/mol. The molecule has 0 N–H and O–H groups in total. The van der Waals surface area contributed by atoms with Crippen LogP contribution in [0.15, 0.2) is 173 Å². The lowest BCUT2D eigenvalue weighted by atomic mass is 9.95. The summed E-state index contributed by atoms with van der Waals surface area (Å²) < 4.78 is 13.3. The van der Waals surface area contributed by atoms with E-state index >= 15 is 0 Å². The Hall–Kier alpha value is -6.32. The highest BCUT2D eigenvalue weighted by Crippen LogP contribution is 2.48. The Morgan fingerprint density at radius 3 is 1.74 bits per heavy atom. The fourth-order valence-corrected chi connectivity index (χ4v) is 7.33. The number of fused-ring (bicyclic) bond motifs is 11. The van der Waals surface area contributed by atoms with Gasteiger partial charge in [0.05, 0.1) is 5.69 Å². The second-order valence-electron chi connectivity index (χ2n) is 12.1. The molecule has 0 fully saturated rings. The van der Waals surface area contributed by atoms with Crippen LogP contribution in [0.1, 0.15) is 0 Å². The lowest BCUT2D eigenvalue weighted by Crippen LogP contribution is -2.11. The highest BCUT2D eigenvalue weighted by Gasteiger charge is 2.23. The van der Waals surface area contributed by atoms with Crippen LogP contribution in [0.2, 0.25) is 0 Å². The molecule has 2 aromatic heterocycles. The van der Waals surface area contributed by atoms with Crippen molar-refractivity contribution in [2.24, 2.45) is 0 Å². The topological polar surface area (TPSA) is 29.5 Å². The molecule has 0 aliphatic carbocycles. The quantitative estimate of drug-likeness (QED) is 0.188. The maximum absolute atomic E-state index is 6.89. The van der Waals surface area contributed by atoms with E-state index in [1.54, 1.807) is 0 Å². The van der Waals surface area contributed by atoms with Gasteiger partial charge in [-0.05, 0) is 58.1 Å². The molecular weight excluding hydrogens is 574 g/mol. The highest BCUT2D eigenvalue weighted by molar-refractivity contribution is 6.30. The van der Waals surface area contributed by atoms with Gasteiger partial charge in [-0.3, -0.25) is 0 Å². The van der Waals surface area contributed by atoms with Crippen molar-refractivity contribution in [3.8, 4) is 11.1 Å². The lowest BCUT2D eigenvalue weighted by molar-refractivity contribution is 0.669. The van der Waals surface area contributed by atoms with Crippen LogP contribution in [-0.4, -0.2) is 0 Å². The van der Waals surface area contributed by atoms with Gasteiger partial charge in [-0.15, -0.1) is 0 Å². The minimum atomic E-state index is 0.849. The van der Waals surface area contributed by atoms with Gasteiger partial charge in [0.15, 0.2) is 0 Å². The van der Waals surface area contributed by atoms with Gasteiger partial charge >= 0.3 is 0 Å². The Kier molecular flexibility index (Phi) is 5.57. The summed E-state index contributed by atoms with van der Waals surface area (Å²) in [5.74, 6) is 0. The second-order valence-corrected chi connectivity index (χ2v) is 12.1. The van der Waals surface area contributed by atoms with E-state index in [2.05, 4.69) is 157 Å². The van der Waals surface area contributed by atoms with Crippen LogP contribution in [0.25, 0.3) is 76.5 Å². The first kappa shape index (κ1) is 26.0. The summed E-state index contributed by atoms with van der Waals surface area (Å²) in [6.45, 7) is 0. The fraction of sp³-hybridized carbons (Fsp3) is 0. The predicted octanol–water partition coefficient (Wildman–Crippen LogP) is 12.9. The standard InChI is InChI=1S/C44H27NO2/c1-3-13-28(14-4-1)37-26-38-42(47-44-36-21-10-8-18-32(36)31-17-7-9-20-35(31)43(38)44)27-39(37)45(29-15-5-2-6-16-29)30-23-24-34-33-19-11-12-22-40(33)46-41(34)25-30/h1-27H. The molecule has 8 aromatic carbocycles. The Morgan fingerprint density at radius 2 is 0.957 bits per heavy atom. The van der Waals surface area contributed by atoms with Crippen molar-refractivity contribution in [2.75, 3.05) is 4.90 Å². The Morgan fingerprint density at radius 1 is 0.362 bits per heavy atom. The van der Waals surface area contributed by atoms with Crippen molar-refractivity contribution in [2.45, 2.75) is 0 Å². The largest absolute Gasteiger partial charge is 0.456 e. The molecule has 0 unspecified atom stereocenters. The normalized spacial score (nSPS) is 11.8. The molecule has 0 aliphatic heterocycles. The average Bonchev–Trinajstić information content (AvgIpc) is 3.70. The molecule has 0 atom stereocenters. The molecule has 3 nitrogen and oxygen atoms in total. The Bertz CT molecular complexity index is 2790. The number of furan rings is 2. The molecule has 0 bridgehead atoms. The summed E-state index contributed by atoms with van der Waals surface area (Å²) in [5, 5.41) is 9.22. The molecule has 220 valence electrons. The molecule has 0 radical (unpaired) electrons. The van der Waals surface area contributed by atoms with Crippen LogP contribution in [0.4, 0.5) is 17.1 Å². The van der Waals surface area contributed by atoms with Crippen LogP contribution in [0, 0.1) is 0 Å². The van der Waals surface area contributed by atoms with Crippen LogP contribution in [0.3, 0.4) is 0 Å². The monoisotopic (exact) mass is 601 g/mol. The lowest BCUT2D eigenvalue weighted by Gasteiger charge is -2.28. The van der Waals surface area contributed by atoms with E-state index < -0.39 is 0 Å². The first-order chi connectivity index (χ1) is 23.3. The van der Waals surface area contributed by atoms with Crippen LogP contribution >= 0.6 is 0 Å². The van der Waals surface area contributed by atoms with E-state index in [4.69, 9.17) is 8.83 Å². The third-order valence-corrected chi connectivity index (χ3v) is 9.43. The Labute approximate surface area is 270 Å². The minimum Gasteiger partial charge on any atom is -0.456 e. The summed E-state index contributed by atoms with van der Waals surface area (Å²) >= 11 is 0. The van der Waals surface area contributed by atoms with Crippen molar-refractivity contribution in [3.05, 3.63) is 164 Å². The third-order valence-electron chi connectivity index (χ3n) is 9.43. The predicted molar refractivity (Wildman–Crippen MR) is 196 cm³/mol. The molecule has 47 heavy (non-hydrogen) atoms. The molecule has 3 heteroatoms. The van der Waals surface area contributed by atoms with Crippen molar-refractivity contribution in [1.29, 1.82) is 0 Å². The van der Waals surface area contributed by atoms with Gasteiger partial charge in [0.2, 0.25) is 0 Å². The smallest absolute Gasteiger partial charge is 0.143 e. The van der Waals surface area contributed by atoms with E-state index in [1.807, 2.05) is 12.1 Å². The molecule has 10 aromatic rings. The number of benzene rings is 8. The van der Waals surface area contributed by atoms with E-state index in [0.717, 1.165) is 77.5 Å². The summed E-state index contributed by atoms with van der Waals surface area (Å²) in [4.78, 5) is 2.32. The van der Waals surface area contributed by atoms with Crippen molar-refractivity contribution >= 4 is 82.5 Å². The van der Waals surface area contributed by atoms with E-state index in [1.165, 1.54) is 16.2 Å². The zero-order valence-electron chi connectivity index (χ0n) is 25.4. The van der Waals surface area contributed by atoms with Crippen LogP contribution < -0.4 is 4.90 Å². The molecule has 0 spiro atoms. The maximum atomic E-state index is 6.89. The molecule has 0 saturated heterocycles. The number of anilines is 3. The number of hydrogen-bond donors (Lipinski definition) is 0. The van der Waals surface area contributed by atoms with E-state index in [0.29, 0.717) is 0 Å². The minimum absolute atomic E-state index is 0.849. The van der Waals surface area contributed by atoms with Crippen LogP contribution in [0.5, 0.6) is 0 Å². The fourth-order valence-electron chi connectivity index (χ4n) is 7.33. The molecule has 0 saturated carbocycles. The number of para-hydroxylation sites is 2. The van der Waals surface area contributed by atoms with Gasteiger partial charge in [-0.1, -0.05) is 115 Å². The number of hydrogen-bond acceptors (Lipinski definition) is 3. The SMILES string of the molecule is c1ccc(-c2cc3c(cc2N(c2ccccc2)c2ccc4c(c2)oc2ccccc24)oc2c4ccccc4c4ccccc4c32)cc1. The van der Waals surface area contributed by atoms with E-state index in [9.17, 15) is 0 Å². The van der Waals surface area contributed by atoms with Gasteiger partial charge in [-0.2, -0.15) is 0 Å². The van der Waals surface area contributed by atoms with Gasteiger partial charge in [0, 0.05) is 56.0 Å². The maximum Gasteiger partial charge on any atom is 0.143 e. The molecule has 0 amide bonds. The zero-order chi connectivity index (χ0) is 30.9. The molecule has 0 aliphatic rings. The van der Waals surface area contributed by atoms with E-state index in [-0.39, 0.29) is 0 Å². The summed E-state index contributed by atoms with van der Waals surface area (Å²) in [7, 11) is 0. The second kappa shape index (κ2) is 10.1. The molecule has 10 rings (SSSR count). The highest BCUT2D eigenvalue weighted by atomic mass is 16.3. The zero-order valence-corrected chi connectivity index (χ0v) is 25.4. The number of nitrogens with zero attached hydrogens (tertiary/aromatic N) is 1. The first-order valence-electron chi connectivity index (χ1n) is 15.9. The summed E-state index contributed by atoms with van der Waals surface area (Å²) in [5.41, 5.74) is 8.84. The van der Waals surface area contributed by atoms with Crippen molar-refractivity contribution < 1.29 is 8.83 Å². The first-order valence-corrected chi connectivity index (χ1v) is 15.9. The Balaban J connectivity index is 1.32. The van der Waals surface area contributed by atoms with Gasteiger partial charge in [-0.25, -0.2) is 0 Å². The molecular formula is C44H27NO2. The summed E-state index contributed by atoms with van der Waals surface area (Å²) in [6, 6.07) is 57.7. The van der Waals surface area contributed by atoms with Gasteiger partial charge < -0.3 is 13.7 Å². The van der Waals surface area contributed by atoms with Crippen LogP contribution in [-0.2, 0) is 0 Å². The van der Waals surface area contributed by atoms with Crippen molar-refractivity contribution in [3.63, 3.8) is 0 Å². The van der Waals surface area contributed by atoms with Gasteiger partial charge in [0.1, 0.15) is 22.3 Å². The number of rotatable bonds is 4. The third kappa shape index (κ3) is 3.93. The van der Waals surface area contributed by atoms with Gasteiger partial charge in [0.25, 0.3) is 0 Å². The van der Waals surface area contributed by atoms with Crippen molar-refractivity contribution in [1.82, 2.24) is 0 Å². The summed E-state index contributed by atoms with van der Waals surface area (Å²) in [6.07, 6.45) is 0.